The van der Waals surface area contributed by atoms with Crippen molar-refractivity contribution in [1.29, 1.82) is 0 Å². The molecule has 7 nitrogen and oxygen atoms in total. The van der Waals surface area contributed by atoms with Crippen molar-refractivity contribution in [3.8, 4) is 5.75 Å². The van der Waals surface area contributed by atoms with Gasteiger partial charge in [-0.3, -0.25) is 14.9 Å². The lowest BCUT2D eigenvalue weighted by molar-refractivity contribution is -0.385. The molecule has 8 heteroatoms. The summed E-state index contributed by atoms with van der Waals surface area (Å²) >= 11 is 0. The van der Waals surface area contributed by atoms with E-state index >= 15 is 0 Å². The third-order valence-corrected chi connectivity index (χ3v) is 2.54. The average molecular weight is 272 g/mol. The molecule has 0 amide bonds. The van der Waals surface area contributed by atoms with E-state index in [1.54, 1.807) is 0 Å². The zero-order valence-corrected chi connectivity index (χ0v) is 10.1. The van der Waals surface area contributed by atoms with Crippen LogP contribution in [0.5, 0.6) is 5.75 Å². The number of rotatable bonds is 6. The average Bonchev–Trinajstić information content (AvgIpc) is 2.34. The number of aliphatic carboxylic acids is 1. The smallest absolute Gasteiger partial charge is 0.303 e. The molecule has 0 aliphatic heterocycles. The molecule has 19 heavy (non-hydrogen) atoms. The van der Waals surface area contributed by atoms with Crippen molar-refractivity contribution in [3.05, 3.63) is 33.6 Å². The van der Waals surface area contributed by atoms with Crippen LogP contribution in [0.15, 0.2) is 12.1 Å². The van der Waals surface area contributed by atoms with Gasteiger partial charge in [-0.25, -0.2) is 4.39 Å². The minimum absolute atomic E-state index is 0.0201. The van der Waals surface area contributed by atoms with E-state index in [-0.39, 0.29) is 24.2 Å². The van der Waals surface area contributed by atoms with Gasteiger partial charge in [-0.1, -0.05) is 0 Å². The van der Waals surface area contributed by atoms with Crippen LogP contribution in [0, 0.1) is 15.9 Å². The summed E-state index contributed by atoms with van der Waals surface area (Å²) in [4.78, 5) is 20.4. The van der Waals surface area contributed by atoms with Gasteiger partial charge in [-0.2, -0.15) is 0 Å². The van der Waals surface area contributed by atoms with Crippen LogP contribution < -0.4 is 10.5 Å². The molecule has 0 radical (unpaired) electrons. The summed E-state index contributed by atoms with van der Waals surface area (Å²) in [6, 6.07) is 0.959. The van der Waals surface area contributed by atoms with Crippen LogP contribution in [-0.2, 0) is 4.79 Å². The zero-order valence-electron chi connectivity index (χ0n) is 10.1. The maximum atomic E-state index is 13.6. The van der Waals surface area contributed by atoms with Crippen LogP contribution in [0.3, 0.4) is 0 Å². The maximum absolute atomic E-state index is 13.6. The van der Waals surface area contributed by atoms with E-state index in [0.29, 0.717) is 0 Å². The molecule has 1 rings (SSSR count). The number of halogens is 1. The highest BCUT2D eigenvalue weighted by Gasteiger charge is 2.22. The van der Waals surface area contributed by atoms with E-state index in [0.717, 1.165) is 12.1 Å². The minimum atomic E-state index is -1.06. The lowest BCUT2D eigenvalue weighted by Gasteiger charge is -2.15. The number of non-ortho nitro benzene ring substituents is 1. The Bertz CT molecular complexity index is 506. The number of benzene rings is 1. The lowest BCUT2D eigenvalue weighted by Crippen LogP contribution is -2.14. The highest BCUT2D eigenvalue weighted by Crippen LogP contribution is 2.33. The van der Waals surface area contributed by atoms with Crippen molar-refractivity contribution in [3.63, 3.8) is 0 Å². The van der Waals surface area contributed by atoms with Gasteiger partial charge in [0, 0.05) is 24.1 Å². The Morgan fingerprint density at radius 3 is 2.74 bits per heavy atom. The number of hydrogen-bond donors (Lipinski definition) is 2. The van der Waals surface area contributed by atoms with Gasteiger partial charge in [0.1, 0.15) is 0 Å². The quantitative estimate of drug-likeness (QED) is 0.600. The van der Waals surface area contributed by atoms with Crippen molar-refractivity contribution >= 4 is 11.7 Å². The van der Waals surface area contributed by atoms with Gasteiger partial charge in [0.2, 0.25) is 0 Å². The van der Waals surface area contributed by atoms with Crippen molar-refractivity contribution < 1.29 is 24.0 Å². The Hall–Kier alpha value is -2.22. The summed E-state index contributed by atoms with van der Waals surface area (Å²) in [6.07, 6.45) is -0.207. The predicted molar refractivity (Wildman–Crippen MR) is 63.4 cm³/mol. The largest absolute Gasteiger partial charge is 0.493 e. The highest BCUT2D eigenvalue weighted by atomic mass is 19.1. The number of methoxy groups -OCH3 is 1. The Morgan fingerprint density at radius 1 is 1.63 bits per heavy atom. The molecule has 0 saturated carbocycles. The molecular formula is C11H13FN2O5. The number of hydrogen-bond acceptors (Lipinski definition) is 5. The van der Waals surface area contributed by atoms with Crippen LogP contribution in [0.25, 0.3) is 0 Å². The third-order valence-electron chi connectivity index (χ3n) is 2.54. The number of nitro groups is 1. The number of carboxylic acids is 1. The van der Waals surface area contributed by atoms with Crippen molar-refractivity contribution in [2.45, 2.75) is 18.9 Å². The minimum Gasteiger partial charge on any atom is -0.493 e. The number of nitrogens with zero attached hydrogens (tertiary/aromatic N) is 1. The molecule has 0 spiro atoms. The first kappa shape index (κ1) is 14.8. The van der Waals surface area contributed by atoms with E-state index in [2.05, 4.69) is 0 Å². The Labute approximate surface area is 107 Å². The summed E-state index contributed by atoms with van der Waals surface area (Å²) in [7, 11) is 1.21. The van der Waals surface area contributed by atoms with Gasteiger partial charge < -0.3 is 15.6 Å². The highest BCUT2D eigenvalue weighted by molar-refractivity contribution is 5.66. The first-order valence-corrected chi connectivity index (χ1v) is 5.36. The summed E-state index contributed by atoms with van der Waals surface area (Å²) < 4.78 is 18.4. The summed E-state index contributed by atoms with van der Waals surface area (Å²) in [5, 5.41) is 19.2. The van der Waals surface area contributed by atoms with Crippen LogP contribution in [0.2, 0.25) is 0 Å². The van der Waals surface area contributed by atoms with Crippen LogP contribution in [0.1, 0.15) is 24.4 Å². The number of nitro benzene ring substituents is 1. The molecule has 1 aromatic rings. The first-order valence-electron chi connectivity index (χ1n) is 5.36. The summed E-state index contributed by atoms with van der Waals surface area (Å²) in [5.41, 5.74) is 5.34. The van der Waals surface area contributed by atoms with E-state index in [4.69, 9.17) is 15.6 Å². The molecular weight excluding hydrogens is 259 g/mol. The predicted octanol–water partition coefficient (Wildman–Crippen LogP) is 1.61. The van der Waals surface area contributed by atoms with Gasteiger partial charge in [0.25, 0.3) is 5.69 Å². The topological polar surface area (TPSA) is 116 Å². The number of carbonyl (C=O) groups is 1. The third kappa shape index (κ3) is 3.62. The van der Waals surface area contributed by atoms with E-state index in [9.17, 15) is 19.3 Å². The standard InChI is InChI=1S/C11H13FN2O5/c1-19-11-7(9(13)2-3-10(15)16)4-6(14(17)18)5-8(11)12/h4-5,9H,2-3,13H2,1H3,(H,15,16). The Balaban J connectivity index is 3.15. The molecule has 0 heterocycles. The second-order valence-corrected chi connectivity index (χ2v) is 3.85. The molecule has 0 bridgehead atoms. The van der Waals surface area contributed by atoms with Gasteiger partial charge in [-0.15, -0.1) is 0 Å². The fraction of sp³-hybridized carbons (Fsp3) is 0.364. The molecule has 104 valence electrons. The lowest BCUT2D eigenvalue weighted by atomic mass is 10.0. The molecule has 1 unspecified atom stereocenters. The zero-order chi connectivity index (χ0) is 14.6. The first-order chi connectivity index (χ1) is 8.86. The van der Waals surface area contributed by atoms with Gasteiger partial charge >= 0.3 is 5.97 Å². The molecule has 0 saturated heterocycles. The van der Waals surface area contributed by atoms with Crippen LogP contribution in [-0.4, -0.2) is 23.1 Å². The van der Waals surface area contributed by atoms with Gasteiger partial charge in [0.15, 0.2) is 11.6 Å². The molecule has 1 atom stereocenters. The molecule has 0 aliphatic rings. The normalized spacial score (nSPS) is 11.9. The monoisotopic (exact) mass is 272 g/mol. The van der Waals surface area contributed by atoms with Crippen LogP contribution >= 0.6 is 0 Å². The fourth-order valence-electron chi connectivity index (χ4n) is 1.63. The molecule has 1 aromatic carbocycles. The second-order valence-electron chi connectivity index (χ2n) is 3.85. The summed E-state index contributed by atoms with van der Waals surface area (Å²) in [5.74, 6) is -2.17. The maximum Gasteiger partial charge on any atom is 0.303 e. The van der Waals surface area contributed by atoms with Crippen LogP contribution in [0.4, 0.5) is 10.1 Å². The van der Waals surface area contributed by atoms with Crippen molar-refractivity contribution in [1.82, 2.24) is 0 Å². The Kier molecular flexibility index (Phi) is 4.76. The molecule has 3 N–H and O–H groups in total. The van der Waals surface area contributed by atoms with E-state index in [1.165, 1.54) is 7.11 Å². The van der Waals surface area contributed by atoms with Gasteiger partial charge in [0.05, 0.1) is 18.1 Å². The number of ether oxygens (including phenoxy) is 1. The van der Waals surface area contributed by atoms with Crippen molar-refractivity contribution in [2.24, 2.45) is 5.73 Å². The molecule has 0 aliphatic carbocycles. The van der Waals surface area contributed by atoms with E-state index < -0.39 is 28.4 Å². The molecule has 0 aromatic heterocycles. The fourth-order valence-corrected chi connectivity index (χ4v) is 1.63. The number of carboxylic acid groups (broad SMARTS) is 1. The summed E-state index contributed by atoms with van der Waals surface area (Å²) in [6.45, 7) is 0. The van der Waals surface area contributed by atoms with Crippen molar-refractivity contribution in [2.75, 3.05) is 7.11 Å². The SMILES string of the molecule is COc1c(F)cc([N+](=O)[O-])cc1C(N)CCC(=O)O. The van der Waals surface area contributed by atoms with E-state index in [1.807, 2.05) is 0 Å². The molecule has 0 fully saturated rings. The van der Waals surface area contributed by atoms with Gasteiger partial charge in [-0.05, 0) is 6.42 Å². The Morgan fingerprint density at radius 2 is 2.26 bits per heavy atom. The second kappa shape index (κ2) is 6.10. The number of nitrogens with two attached hydrogens (primary N) is 1.